The van der Waals surface area contributed by atoms with Gasteiger partial charge in [-0.1, -0.05) is 43.2 Å². The zero-order valence-electron chi connectivity index (χ0n) is 15.1. The van der Waals surface area contributed by atoms with Crippen LogP contribution < -0.4 is 4.31 Å². The van der Waals surface area contributed by atoms with Crippen molar-refractivity contribution in [2.24, 2.45) is 0 Å². The summed E-state index contributed by atoms with van der Waals surface area (Å²) in [4.78, 5) is 0.295. The zero-order chi connectivity index (χ0) is 18.5. The number of rotatable bonds is 3. The van der Waals surface area contributed by atoms with E-state index in [1.807, 2.05) is 24.3 Å². The van der Waals surface area contributed by atoms with E-state index in [0.29, 0.717) is 24.7 Å². The number of benzene rings is 2. The van der Waals surface area contributed by atoms with Gasteiger partial charge in [0.2, 0.25) is 0 Å². The molecule has 1 saturated heterocycles. The number of fused-ring (bicyclic) bond motifs is 2. The van der Waals surface area contributed by atoms with E-state index in [1.165, 1.54) is 5.56 Å². The Labute approximate surface area is 160 Å². The third kappa shape index (κ3) is 2.70. The summed E-state index contributed by atoms with van der Waals surface area (Å²) in [6.07, 6.45) is 3.95. The fraction of sp³-hybridized carbons (Fsp3) is 0.429. The molecule has 5 nitrogen and oxygen atoms in total. The second-order valence-electron chi connectivity index (χ2n) is 7.66. The van der Waals surface area contributed by atoms with Crippen molar-refractivity contribution in [3.05, 3.63) is 59.7 Å². The van der Waals surface area contributed by atoms with Crippen molar-refractivity contribution in [1.29, 1.82) is 0 Å². The number of hydrogen-bond donors (Lipinski definition) is 0. The first-order valence-electron chi connectivity index (χ1n) is 9.56. The average molecular weight is 385 g/mol. The summed E-state index contributed by atoms with van der Waals surface area (Å²) in [5.74, 6) is 0. The Morgan fingerprint density at radius 3 is 2.48 bits per heavy atom. The lowest BCUT2D eigenvalue weighted by molar-refractivity contribution is -0.0442. The summed E-state index contributed by atoms with van der Waals surface area (Å²) in [5.41, 5.74) is 2.73. The van der Waals surface area contributed by atoms with Gasteiger partial charge in [-0.15, -0.1) is 0 Å². The highest BCUT2D eigenvalue weighted by Gasteiger charge is 2.48. The normalized spacial score (nSPS) is 21.9. The molecule has 0 N–H and O–H groups in total. The van der Waals surface area contributed by atoms with Crippen LogP contribution in [0, 0.1) is 0 Å². The maximum Gasteiger partial charge on any atom is 0.264 e. The molecule has 2 aromatic rings. The van der Waals surface area contributed by atoms with Crippen LogP contribution in [0.1, 0.15) is 43.1 Å². The molecule has 27 heavy (non-hydrogen) atoms. The fourth-order valence-corrected chi connectivity index (χ4v) is 6.40. The Morgan fingerprint density at radius 2 is 1.70 bits per heavy atom. The summed E-state index contributed by atoms with van der Waals surface area (Å²) in [6, 6.07) is 15.0. The Kier molecular flexibility index (Phi) is 4.04. The van der Waals surface area contributed by atoms with Crippen LogP contribution in [0.2, 0.25) is 0 Å². The molecule has 0 unspecified atom stereocenters. The molecule has 0 atom stereocenters. The van der Waals surface area contributed by atoms with Crippen molar-refractivity contribution in [1.82, 2.24) is 0 Å². The fourth-order valence-electron chi connectivity index (χ4n) is 4.78. The van der Waals surface area contributed by atoms with E-state index in [2.05, 4.69) is 6.07 Å². The van der Waals surface area contributed by atoms with E-state index in [1.54, 1.807) is 22.5 Å². The van der Waals surface area contributed by atoms with E-state index >= 15 is 0 Å². The molecule has 1 spiro atoms. The lowest BCUT2D eigenvalue weighted by Crippen LogP contribution is -2.35. The van der Waals surface area contributed by atoms with Crippen LogP contribution >= 0.6 is 0 Å². The van der Waals surface area contributed by atoms with E-state index in [-0.39, 0.29) is 5.41 Å². The Balaban J connectivity index is 1.55. The van der Waals surface area contributed by atoms with Crippen molar-refractivity contribution >= 4 is 15.7 Å². The molecule has 0 bridgehead atoms. The summed E-state index contributed by atoms with van der Waals surface area (Å²) >= 11 is 0. The smallest absolute Gasteiger partial charge is 0.264 e. The number of ether oxygens (including phenoxy) is 2. The minimum atomic E-state index is -3.65. The van der Waals surface area contributed by atoms with Crippen molar-refractivity contribution in [3.63, 3.8) is 0 Å². The molecule has 3 aliphatic rings. The van der Waals surface area contributed by atoms with Crippen LogP contribution in [0.5, 0.6) is 0 Å². The largest absolute Gasteiger partial charge is 0.346 e. The lowest BCUT2D eigenvalue weighted by Gasteiger charge is -2.25. The number of sulfonamides is 1. The number of anilines is 1. The van der Waals surface area contributed by atoms with Gasteiger partial charge in [-0.05, 0) is 36.6 Å². The molecule has 0 radical (unpaired) electrons. The standard InChI is InChI=1S/C21H23NO4S/c23-27(24,17-7-5-6-16(14-17)20-25-12-13-26-20)22-15-21(10-3-4-11-21)18-8-1-2-9-19(18)22/h1-2,5-9,14,20H,3-4,10-13,15H2. The molecule has 0 amide bonds. The van der Waals surface area contributed by atoms with Crippen LogP contribution in [-0.2, 0) is 24.9 Å². The first-order chi connectivity index (χ1) is 13.1. The van der Waals surface area contributed by atoms with Gasteiger partial charge in [0.25, 0.3) is 10.0 Å². The van der Waals surface area contributed by atoms with E-state index in [4.69, 9.17) is 9.47 Å². The van der Waals surface area contributed by atoms with Crippen molar-refractivity contribution in [3.8, 4) is 0 Å². The molecule has 2 fully saturated rings. The number of nitrogens with zero attached hydrogens (tertiary/aromatic N) is 1. The summed E-state index contributed by atoms with van der Waals surface area (Å²) in [5, 5.41) is 0. The van der Waals surface area contributed by atoms with Gasteiger partial charge in [0, 0.05) is 17.5 Å². The molecular weight excluding hydrogens is 362 g/mol. The molecule has 0 aromatic heterocycles. The van der Waals surface area contributed by atoms with Gasteiger partial charge in [-0.2, -0.15) is 0 Å². The first kappa shape index (κ1) is 17.2. The maximum absolute atomic E-state index is 13.5. The Morgan fingerprint density at radius 1 is 0.963 bits per heavy atom. The monoisotopic (exact) mass is 385 g/mol. The Bertz CT molecular complexity index is 960. The molecule has 2 aromatic carbocycles. The van der Waals surface area contributed by atoms with E-state index < -0.39 is 16.3 Å². The molecule has 2 aliphatic heterocycles. The number of hydrogen-bond acceptors (Lipinski definition) is 4. The van der Waals surface area contributed by atoms with Crippen LogP contribution in [-0.4, -0.2) is 28.2 Å². The van der Waals surface area contributed by atoms with Gasteiger partial charge >= 0.3 is 0 Å². The average Bonchev–Trinajstić information content (AvgIpc) is 3.44. The lowest BCUT2D eigenvalue weighted by atomic mass is 9.81. The van der Waals surface area contributed by atoms with Gasteiger partial charge in [0.05, 0.1) is 23.8 Å². The van der Waals surface area contributed by atoms with E-state index in [9.17, 15) is 8.42 Å². The first-order valence-corrected chi connectivity index (χ1v) is 11.0. The van der Waals surface area contributed by atoms with Crippen LogP contribution in [0.4, 0.5) is 5.69 Å². The van der Waals surface area contributed by atoms with Crippen molar-refractivity contribution < 1.29 is 17.9 Å². The van der Waals surface area contributed by atoms with Gasteiger partial charge < -0.3 is 9.47 Å². The molecular formula is C21H23NO4S. The Hall–Kier alpha value is -1.89. The van der Waals surface area contributed by atoms with Gasteiger partial charge in [0.1, 0.15) is 0 Å². The SMILES string of the molecule is O=S(=O)(c1cccc(C2OCCO2)c1)N1CC2(CCCC2)c2ccccc21. The summed E-state index contributed by atoms with van der Waals surface area (Å²) in [7, 11) is -3.65. The molecule has 2 heterocycles. The summed E-state index contributed by atoms with van der Waals surface area (Å²) in [6.45, 7) is 1.60. The van der Waals surface area contributed by atoms with Crippen molar-refractivity contribution in [2.75, 3.05) is 24.1 Å². The van der Waals surface area contributed by atoms with Gasteiger partial charge in [0.15, 0.2) is 6.29 Å². The van der Waals surface area contributed by atoms with Crippen LogP contribution in [0.3, 0.4) is 0 Å². The van der Waals surface area contributed by atoms with E-state index in [0.717, 1.165) is 36.9 Å². The van der Waals surface area contributed by atoms with Crippen LogP contribution in [0.25, 0.3) is 0 Å². The molecule has 6 heteroatoms. The minimum absolute atomic E-state index is 0.0288. The predicted octanol–water partition coefficient (Wildman–Crippen LogP) is 3.75. The molecule has 1 aliphatic carbocycles. The highest BCUT2D eigenvalue weighted by molar-refractivity contribution is 7.92. The van der Waals surface area contributed by atoms with Crippen LogP contribution in [0.15, 0.2) is 53.4 Å². The second kappa shape index (κ2) is 6.33. The third-order valence-electron chi connectivity index (χ3n) is 6.09. The second-order valence-corrected chi connectivity index (χ2v) is 9.52. The highest BCUT2D eigenvalue weighted by Crippen LogP contribution is 2.51. The minimum Gasteiger partial charge on any atom is -0.346 e. The zero-order valence-corrected chi connectivity index (χ0v) is 16.0. The predicted molar refractivity (Wildman–Crippen MR) is 102 cm³/mol. The van der Waals surface area contributed by atoms with Gasteiger partial charge in [-0.3, -0.25) is 4.31 Å². The van der Waals surface area contributed by atoms with Gasteiger partial charge in [-0.25, -0.2) is 8.42 Å². The summed E-state index contributed by atoms with van der Waals surface area (Å²) < 4.78 is 39.8. The third-order valence-corrected chi connectivity index (χ3v) is 7.85. The maximum atomic E-state index is 13.5. The highest BCUT2D eigenvalue weighted by atomic mass is 32.2. The number of para-hydroxylation sites is 1. The van der Waals surface area contributed by atoms with Crippen molar-refractivity contribution in [2.45, 2.75) is 42.3 Å². The molecule has 5 rings (SSSR count). The quantitative estimate of drug-likeness (QED) is 0.807. The topological polar surface area (TPSA) is 55.8 Å². The molecule has 142 valence electrons. The molecule has 1 saturated carbocycles.